The van der Waals surface area contributed by atoms with Gasteiger partial charge in [-0.1, -0.05) is 43.2 Å². The Kier molecular flexibility index (Phi) is 6.71. The van der Waals surface area contributed by atoms with Gasteiger partial charge in [-0.2, -0.15) is 0 Å². The molecule has 1 unspecified atom stereocenters. The molecule has 0 radical (unpaired) electrons. The van der Waals surface area contributed by atoms with Gasteiger partial charge in [-0.3, -0.25) is 9.59 Å². The number of hydrogen-bond donors (Lipinski definition) is 3. The van der Waals surface area contributed by atoms with Gasteiger partial charge in [-0.25, -0.2) is 0 Å². The number of nitrogens with one attached hydrogen (secondary N) is 2. The van der Waals surface area contributed by atoms with Crippen LogP contribution in [-0.4, -0.2) is 17.9 Å². The molecule has 2 aromatic rings. The van der Waals surface area contributed by atoms with Crippen molar-refractivity contribution in [1.82, 2.24) is 5.32 Å². The molecule has 132 valence electrons. The zero-order valence-corrected chi connectivity index (χ0v) is 14.7. The molecule has 2 amide bonds. The van der Waals surface area contributed by atoms with Gasteiger partial charge in [-0.15, -0.1) is 0 Å². The van der Waals surface area contributed by atoms with Crippen molar-refractivity contribution in [2.75, 3.05) is 5.32 Å². The fourth-order valence-electron chi connectivity index (χ4n) is 2.43. The lowest BCUT2D eigenvalue weighted by atomic mass is 10.1. The first-order valence-corrected chi connectivity index (χ1v) is 8.50. The van der Waals surface area contributed by atoms with Crippen LogP contribution in [0.15, 0.2) is 48.5 Å². The summed E-state index contributed by atoms with van der Waals surface area (Å²) < 4.78 is 0. The summed E-state index contributed by atoms with van der Waals surface area (Å²) in [5.41, 5.74) is 9.10. The van der Waals surface area contributed by atoms with Gasteiger partial charge >= 0.3 is 0 Å². The number of nitrogens with two attached hydrogens (primary N) is 1. The Morgan fingerprint density at radius 1 is 1.12 bits per heavy atom. The highest BCUT2D eigenvalue weighted by Gasteiger charge is 2.11. The lowest BCUT2D eigenvalue weighted by Crippen LogP contribution is -2.40. The average Bonchev–Trinajstić information content (AvgIpc) is 2.60. The highest BCUT2D eigenvalue weighted by Crippen LogP contribution is 2.13. The summed E-state index contributed by atoms with van der Waals surface area (Å²) >= 11 is 0. The summed E-state index contributed by atoms with van der Waals surface area (Å²) in [5.74, 6) is -0.318. The molecular weight excluding hydrogens is 314 g/mol. The van der Waals surface area contributed by atoms with Crippen LogP contribution in [0.1, 0.15) is 41.3 Å². The molecule has 25 heavy (non-hydrogen) atoms. The molecule has 0 aliphatic rings. The Hall–Kier alpha value is -2.66. The minimum Gasteiger partial charge on any atom is -0.351 e. The van der Waals surface area contributed by atoms with E-state index in [1.54, 1.807) is 12.1 Å². The molecule has 0 saturated carbocycles. The summed E-state index contributed by atoms with van der Waals surface area (Å²) in [6, 6.07) is 14.3. The maximum absolute atomic E-state index is 12.3. The highest BCUT2D eigenvalue weighted by molar-refractivity contribution is 6.04. The van der Waals surface area contributed by atoms with Crippen molar-refractivity contribution in [3.8, 4) is 0 Å². The van der Waals surface area contributed by atoms with E-state index in [0.29, 0.717) is 24.2 Å². The molecule has 0 fully saturated rings. The van der Waals surface area contributed by atoms with Crippen LogP contribution < -0.4 is 16.4 Å². The molecule has 0 bridgehead atoms. The molecule has 0 saturated heterocycles. The van der Waals surface area contributed by atoms with Crippen molar-refractivity contribution in [3.05, 3.63) is 65.2 Å². The van der Waals surface area contributed by atoms with Crippen molar-refractivity contribution in [1.29, 1.82) is 0 Å². The third-order valence-corrected chi connectivity index (χ3v) is 3.90. The molecule has 1 atom stereocenters. The van der Waals surface area contributed by atoms with Crippen LogP contribution in [0, 0.1) is 6.92 Å². The third kappa shape index (κ3) is 5.72. The van der Waals surface area contributed by atoms with Gasteiger partial charge in [0.05, 0.1) is 6.04 Å². The van der Waals surface area contributed by atoms with Crippen molar-refractivity contribution in [3.63, 3.8) is 0 Å². The Balaban J connectivity index is 1.95. The van der Waals surface area contributed by atoms with E-state index in [1.165, 1.54) is 0 Å². The predicted molar refractivity (Wildman–Crippen MR) is 100 cm³/mol. The first-order valence-electron chi connectivity index (χ1n) is 8.50. The van der Waals surface area contributed by atoms with Crippen molar-refractivity contribution >= 4 is 17.5 Å². The number of amides is 2. The lowest BCUT2D eigenvalue weighted by molar-refractivity contribution is -0.122. The minimum atomic E-state index is -0.477. The zero-order chi connectivity index (χ0) is 18.2. The molecule has 5 heteroatoms. The van der Waals surface area contributed by atoms with Crippen LogP contribution in [-0.2, 0) is 11.3 Å². The number of aryl methyl sites for hydroxylation is 1. The molecule has 2 aromatic carbocycles. The second-order valence-corrected chi connectivity index (χ2v) is 6.13. The molecular formula is C20H25N3O2. The Morgan fingerprint density at radius 3 is 2.52 bits per heavy atom. The number of anilines is 1. The van der Waals surface area contributed by atoms with E-state index in [0.717, 1.165) is 17.5 Å². The van der Waals surface area contributed by atoms with Crippen LogP contribution in [0.3, 0.4) is 0 Å². The fraction of sp³-hybridized carbons (Fsp3) is 0.300. The molecule has 0 spiro atoms. The first kappa shape index (κ1) is 18.7. The zero-order valence-electron chi connectivity index (χ0n) is 14.7. The van der Waals surface area contributed by atoms with Crippen LogP contribution >= 0.6 is 0 Å². The standard InChI is InChI=1S/C20H25N3O2/c1-3-5-18(21)20(25)22-13-15-6-4-7-17(12-15)23-19(24)16-10-8-14(2)9-11-16/h4,6-12,18H,3,5,13,21H2,1-2H3,(H,22,25)(H,23,24). The van der Waals surface area contributed by atoms with Crippen LogP contribution in [0.2, 0.25) is 0 Å². The molecule has 0 aliphatic heterocycles. The quantitative estimate of drug-likeness (QED) is 0.725. The van der Waals surface area contributed by atoms with Crippen LogP contribution in [0.4, 0.5) is 5.69 Å². The van der Waals surface area contributed by atoms with Gasteiger partial charge in [0.2, 0.25) is 5.91 Å². The van der Waals surface area contributed by atoms with E-state index in [-0.39, 0.29) is 11.8 Å². The molecule has 2 rings (SSSR count). The monoisotopic (exact) mass is 339 g/mol. The average molecular weight is 339 g/mol. The maximum atomic E-state index is 12.3. The molecule has 4 N–H and O–H groups in total. The second-order valence-electron chi connectivity index (χ2n) is 6.13. The predicted octanol–water partition coefficient (Wildman–Crippen LogP) is 2.99. The normalized spacial score (nSPS) is 11.6. The van der Waals surface area contributed by atoms with E-state index >= 15 is 0 Å². The Morgan fingerprint density at radius 2 is 1.84 bits per heavy atom. The van der Waals surface area contributed by atoms with Gasteiger partial charge < -0.3 is 16.4 Å². The smallest absolute Gasteiger partial charge is 0.255 e. The SMILES string of the molecule is CCCC(N)C(=O)NCc1cccc(NC(=O)c2ccc(C)cc2)c1. The van der Waals surface area contributed by atoms with Gasteiger partial charge in [0.15, 0.2) is 0 Å². The van der Waals surface area contributed by atoms with E-state index in [2.05, 4.69) is 10.6 Å². The third-order valence-electron chi connectivity index (χ3n) is 3.90. The van der Waals surface area contributed by atoms with Crippen molar-refractivity contribution in [2.45, 2.75) is 39.3 Å². The topological polar surface area (TPSA) is 84.2 Å². The van der Waals surface area contributed by atoms with E-state index in [4.69, 9.17) is 5.73 Å². The van der Waals surface area contributed by atoms with E-state index in [9.17, 15) is 9.59 Å². The van der Waals surface area contributed by atoms with Crippen LogP contribution in [0.5, 0.6) is 0 Å². The number of benzene rings is 2. The minimum absolute atomic E-state index is 0.157. The highest BCUT2D eigenvalue weighted by atomic mass is 16.2. The summed E-state index contributed by atoms with van der Waals surface area (Å²) in [5, 5.41) is 5.70. The van der Waals surface area contributed by atoms with Crippen molar-refractivity contribution in [2.24, 2.45) is 5.73 Å². The maximum Gasteiger partial charge on any atom is 0.255 e. The van der Waals surface area contributed by atoms with E-state index < -0.39 is 6.04 Å². The molecule has 0 aromatic heterocycles. The van der Waals surface area contributed by atoms with E-state index in [1.807, 2.05) is 50.2 Å². The van der Waals surface area contributed by atoms with Gasteiger partial charge in [-0.05, 0) is 43.2 Å². The molecule has 0 aliphatic carbocycles. The molecule has 0 heterocycles. The Labute approximate surface area is 148 Å². The summed E-state index contributed by atoms with van der Waals surface area (Å²) in [6.45, 7) is 4.35. The first-order chi connectivity index (χ1) is 12.0. The van der Waals surface area contributed by atoms with Crippen molar-refractivity contribution < 1.29 is 9.59 Å². The fourth-order valence-corrected chi connectivity index (χ4v) is 2.43. The lowest BCUT2D eigenvalue weighted by Gasteiger charge is -2.12. The second kappa shape index (κ2) is 8.99. The number of carbonyl (C=O) groups is 2. The summed E-state index contributed by atoms with van der Waals surface area (Å²) in [7, 11) is 0. The molecule has 5 nitrogen and oxygen atoms in total. The summed E-state index contributed by atoms with van der Waals surface area (Å²) in [6.07, 6.45) is 1.54. The van der Waals surface area contributed by atoms with Gasteiger partial charge in [0.1, 0.15) is 0 Å². The largest absolute Gasteiger partial charge is 0.351 e. The number of carbonyl (C=O) groups excluding carboxylic acids is 2. The Bertz CT molecular complexity index is 726. The number of hydrogen-bond acceptors (Lipinski definition) is 3. The van der Waals surface area contributed by atoms with Crippen LogP contribution in [0.25, 0.3) is 0 Å². The van der Waals surface area contributed by atoms with Gasteiger partial charge in [0, 0.05) is 17.8 Å². The van der Waals surface area contributed by atoms with Gasteiger partial charge in [0.25, 0.3) is 5.91 Å². The summed E-state index contributed by atoms with van der Waals surface area (Å²) in [4.78, 5) is 24.1. The number of rotatable bonds is 7.